The van der Waals surface area contributed by atoms with Gasteiger partial charge >= 0.3 is 390 Å². The van der Waals surface area contributed by atoms with Crippen LogP contribution in [0.1, 0.15) is 213 Å². The van der Waals surface area contributed by atoms with Crippen molar-refractivity contribution in [2.75, 3.05) is 0 Å². The molecular formula is C62H80Cl2Ti. The van der Waals surface area contributed by atoms with Gasteiger partial charge in [-0.05, 0) is 0 Å². The molecule has 0 spiro atoms. The van der Waals surface area contributed by atoms with E-state index in [4.69, 9.17) is 0 Å². The zero-order chi connectivity index (χ0) is 44.4. The summed E-state index contributed by atoms with van der Waals surface area (Å²) < 4.78 is 3.29. The van der Waals surface area contributed by atoms with Gasteiger partial charge in [-0.2, -0.15) is 0 Å². The summed E-state index contributed by atoms with van der Waals surface area (Å²) in [5.74, 6) is 1.49. The first-order chi connectivity index (χ1) is 29.8. The van der Waals surface area contributed by atoms with Crippen molar-refractivity contribution in [2.24, 2.45) is 11.8 Å². The monoisotopic (exact) mass is 943 g/mol. The summed E-state index contributed by atoms with van der Waals surface area (Å²) in [7, 11) is 0. The minimum atomic E-state index is -2.91. The summed E-state index contributed by atoms with van der Waals surface area (Å²) in [4.78, 5) is 0. The Morgan fingerprint density at radius 3 is 1.02 bits per heavy atom. The van der Waals surface area contributed by atoms with E-state index >= 15 is 0 Å². The van der Waals surface area contributed by atoms with Crippen LogP contribution in [-0.2, 0) is 38.2 Å². The summed E-state index contributed by atoms with van der Waals surface area (Å²) in [6, 6.07) is 30.7. The van der Waals surface area contributed by atoms with Gasteiger partial charge in [0, 0.05) is 0 Å². The minimum Gasteiger partial charge on any atom is -1.00 e. The van der Waals surface area contributed by atoms with Crippen LogP contribution in [-0.4, -0.2) is 0 Å². The SMILES string of the molecule is CC(C)(C)c1cc(-c2cccc3c2C=C(C2CCCC2)[CH]3[Ti+2]2([CH]3C(C4CCCC4)=Cc4c(-c5cc(C(C)(C)C)cc(C(C)(C)C)c5)cccc43)[CH]3CCCC[CH]32)cc(C(C)(C)C)c1.[Cl-].[Cl-]. The smallest absolute Gasteiger partial charge is 1.00 e. The van der Waals surface area contributed by atoms with Crippen LogP contribution in [0.3, 0.4) is 0 Å². The normalized spacial score (nSPS) is 24.6. The van der Waals surface area contributed by atoms with Crippen LogP contribution in [0, 0.1) is 11.8 Å². The molecule has 0 N–H and O–H groups in total. The Morgan fingerprint density at radius 2 is 0.708 bits per heavy atom. The predicted molar refractivity (Wildman–Crippen MR) is 270 cm³/mol. The topological polar surface area (TPSA) is 0 Å². The minimum absolute atomic E-state index is 0. The Kier molecular flexibility index (Phi) is 13.3. The van der Waals surface area contributed by atoms with E-state index in [-0.39, 0.29) is 46.5 Å². The van der Waals surface area contributed by atoms with E-state index < -0.39 is 16.6 Å². The zero-order valence-electron chi connectivity index (χ0n) is 42.3. The molecule has 4 atom stereocenters. The molecule has 1 heterocycles. The van der Waals surface area contributed by atoms with Crippen LogP contribution >= 0.6 is 0 Å². The average Bonchev–Trinajstić information content (AvgIpc) is 3.90. The average molecular weight is 944 g/mol. The van der Waals surface area contributed by atoms with Crippen molar-refractivity contribution in [2.45, 2.75) is 199 Å². The van der Waals surface area contributed by atoms with E-state index in [1.807, 2.05) is 11.1 Å². The molecule has 5 aliphatic carbocycles. The second-order valence-electron chi connectivity index (χ2n) is 25.8. The molecular weight excluding hydrogens is 863 g/mol. The van der Waals surface area contributed by atoms with Gasteiger partial charge in [-0.25, -0.2) is 0 Å². The summed E-state index contributed by atoms with van der Waals surface area (Å²) in [6.45, 7) is 28.8. The van der Waals surface area contributed by atoms with E-state index in [1.54, 1.807) is 22.3 Å². The van der Waals surface area contributed by atoms with Crippen molar-refractivity contribution in [3.05, 3.63) is 128 Å². The molecule has 0 bridgehead atoms. The molecule has 4 unspecified atom stereocenters. The van der Waals surface area contributed by atoms with Crippen molar-refractivity contribution in [3.63, 3.8) is 0 Å². The Morgan fingerprint density at radius 1 is 0.400 bits per heavy atom. The third-order valence-electron chi connectivity index (χ3n) is 17.7. The number of fused-ring (bicyclic) bond motifs is 3. The molecule has 4 aromatic rings. The number of hydrogen-bond acceptors (Lipinski definition) is 0. The Bertz CT molecular complexity index is 2250. The predicted octanol–water partition coefficient (Wildman–Crippen LogP) is 12.5. The molecule has 65 heavy (non-hydrogen) atoms. The van der Waals surface area contributed by atoms with E-state index in [0.717, 1.165) is 20.3 Å². The van der Waals surface area contributed by atoms with Crippen LogP contribution in [0.15, 0.2) is 83.9 Å². The molecule has 4 aromatic carbocycles. The standard InChI is InChI=1S/2C28H35.C6H10.2ClH.Ti/c2*1-27(2,3)23-15-22(16-24(18-23)28(4,5)6)25-13-9-12-20-14-21(17-26(20)25)19-10-7-8-11-19;1-2-4-6-5-3-1;;;/h2*9,12-19H,7-8,10-11H2,1-6H3;1-2H,3-6H2;2*1H;/q;;;;;+2/p-2. The molecule has 4 fully saturated rings. The summed E-state index contributed by atoms with van der Waals surface area (Å²) >= 11 is -2.91. The fraction of sp³-hybridized carbons (Fsp3) is 0.548. The third-order valence-corrected chi connectivity index (χ3v) is 28.4. The quantitative estimate of drug-likeness (QED) is 0.169. The largest absolute Gasteiger partial charge is 1.00 e. The molecule has 1 saturated heterocycles. The summed E-state index contributed by atoms with van der Waals surface area (Å²) in [5, 5.41) is 0. The first-order valence-electron chi connectivity index (χ1n) is 25.8. The number of halogens is 2. The van der Waals surface area contributed by atoms with Crippen LogP contribution in [0.2, 0.25) is 8.45 Å². The van der Waals surface area contributed by atoms with Gasteiger partial charge < -0.3 is 24.8 Å². The summed E-state index contributed by atoms with van der Waals surface area (Å²) in [6.07, 6.45) is 22.8. The van der Waals surface area contributed by atoms with Crippen LogP contribution in [0.25, 0.3) is 34.4 Å². The van der Waals surface area contributed by atoms with Crippen molar-refractivity contribution in [1.82, 2.24) is 0 Å². The molecule has 0 amide bonds. The second-order valence-corrected chi connectivity index (χ2v) is 33.1. The second kappa shape index (κ2) is 17.6. The number of hydrogen-bond donors (Lipinski definition) is 0. The molecule has 0 radical (unpaired) electrons. The maximum Gasteiger partial charge on any atom is -1.00 e. The van der Waals surface area contributed by atoms with Crippen molar-refractivity contribution in [1.29, 1.82) is 0 Å². The molecule has 3 saturated carbocycles. The van der Waals surface area contributed by atoms with E-state index in [2.05, 4.69) is 168 Å². The van der Waals surface area contributed by atoms with Gasteiger partial charge in [-0.15, -0.1) is 0 Å². The molecule has 3 heteroatoms. The van der Waals surface area contributed by atoms with Crippen LogP contribution in [0.5, 0.6) is 0 Å². The van der Waals surface area contributed by atoms with Gasteiger partial charge in [0.25, 0.3) is 0 Å². The first kappa shape index (κ1) is 49.1. The molecule has 346 valence electrons. The Balaban J connectivity index is 0.00000288. The Labute approximate surface area is 411 Å². The van der Waals surface area contributed by atoms with Gasteiger partial charge in [0.15, 0.2) is 0 Å². The fourth-order valence-electron chi connectivity index (χ4n) is 14.2. The maximum atomic E-state index is 2.88. The molecule has 0 aromatic heterocycles. The third kappa shape index (κ3) is 8.50. The molecule has 0 nitrogen and oxygen atoms in total. The molecule has 1 aliphatic heterocycles. The number of rotatable bonds is 6. The van der Waals surface area contributed by atoms with Gasteiger partial charge in [0.2, 0.25) is 0 Å². The van der Waals surface area contributed by atoms with Gasteiger partial charge in [0.05, 0.1) is 0 Å². The van der Waals surface area contributed by atoms with Gasteiger partial charge in [-0.3, -0.25) is 0 Å². The molecule has 6 aliphatic rings. The van der Waals surface area contributed by atoms with Crippen molar-refractivity contribution >= 4 is 12.2 Å². The van der Waals surface area contributed by atoms with E-state index in [1.165, 1.54) is 122 Å². The maximum absolute atomic E-state index is 2.91. The zero-order valence-corrected chi connectivity index (χ0v) is 45.4. The van der Waals surface area contributed by atoms with Gasteiger partial charge in [0.1, 0.15) is 0 Å². The van der Waals surface area contributed by atoms with Crippen LogP contribution < -0.4 is 24.8 Å². The fourth-order valence-corrected chi connectivity index (χ4v) is 28.5. The van der Waals surface area contributed by atoms with E-state index in [0.29, 0.717) is 8.45 Å². The molecule has 10 rings (SSSR count). The van der Waals surface area contributed by atoms with Crippen molar-refractivity contribution < 1.29 is 41.4 Å². The first-order valence-corrected chi connectivity index (χ1v) is 29.4. The van der Waals surface area contributed by atoms with Crippen molar-refractivity contribution in [3.8, 4) is 22.3 Å². The summed E-state index contributed by atoms with van der Waals surface area (Å²) in [5.41, 5.74) is 22.6. The van der Waals surface area contributed by atoms with E-state index in [9.17, 15) is 0 Å². The van der Waals surface area contributed by atoms with Crippen LogP contribution in [0.4, 0.5) is 0 Å². The Hall–Kier alpha value is -2.35. The number of benzene rings is 4. The van der Waals surface area contributed by atoms with Gasteiger partial charge in [-0.1, -0.05) is 0 Å². The number of allylic oxidation sites excluding steroid dienone is 2.